The second-order valence-corrected chi connectivity index (χ2v) is 3.69. The highest BCUT2D eigenvalue weighted by Crippen LogP contribution is 2.26. The van der Waals surface area contributed by atoms with Gasteiger partial charge in [0.05, 0.1) is 0 Å². The summed E-state index contributed by atoms with van der Waals surface area (Å²) in [4.78, 5) is 4.44. The van der Waals surface area contributed by atoms with Gasteiger partial charge in [-0.15, -0.1) is 0 Å². The summed E-state index contributed by atoms with van der Waals surface area (Å²) in [6.07, 6.45) is 0. The van der Waals surface area contributed by atoms with Crippen LogP contribution in [0.15, 0.2) is 6.07 Å². The molecule has 4 nitrogen and oxygen atoms in total. The fourth-order valence-electron chi connectivity index (χ4n) is 1.67. The number of hydrogen-bond acceptors (Lipinski definition) is 3. The predicted octanol–water partition coefficient (Wildman–Crippen LogP) is 2.67. The van der Waals surface area contributed by atoms with Crippen molar-refractivity contribution in [2.75, 3.05) is 5.73 Å². The Morgan fingerprint density at radius 2 is 1.94 bits per heavy atom. The molecule has 0 bridgehead atoms. The van der Waals surface area contributed by atoms with Gasteiger partial charge in [-0.25, -0.2) is 4.98 Å². The molecule has 0 atom stereocenters. The van der Waals surface area contributed by atoms with Gasteiger partial charge < -0.3 is 10.3 Å². The Labute approximate surface area is 102 Å². The summed E-state index contributed by atoms with van der Waals surface area (Å²) < 4.78 is 1.75. The van der Waals surface area contributed by atoms with Crippen LogP contribution in [-0.4, -0.2) is 9.55 Å². The smallest absolute Gasteiger partial charge is 0.142 e. The van der Waals surface area contributed by atoms with Crippen LogP contribution in [0.1, 0.15) is 30.7 Å². The average molecular weight is 230 g/mol. The number of fused-ring (bicyclic) bond motifs is 1. The normalized spacial score (nSPS) is 9.65. The van der Waals surface area contributed by atoms with Gasteiger partial charge in [-0.05, 0) is 25.5 Å². The number of aromatic nitrogens is 2. The standard InChI is InChI=1S/C11H12N4.C2H6/c1-6-4-8-9(5-12)10(13)15(3)11(8)14-7(6)2;1-2/h4H,13H2,1-3H3;1-2H3. The van der Waals surface area contributed by atoms with Crippen LogP contribution in [0, 0.1) is 25.2 Å². The Hall–Kier alpha value is -2.02. The lowest BCUT2D eigenvalue weighted by molar-refractivity contribution is 0.952. The molecule has 90 valence electrons. The maximum absolute atomic E-state index is 9.02. The van der Waals surface area contributed by atoms with Crippen LogP contribution in [0.4, 0.5) is 5.82 Å². The van der Waals surface area contributed by atoms with E-state index in [1.54, 1.807) is 4.57 Å². The van der Waals surface area contributed by atoms with Crippen molar-refractivity contribution in [2.24, 2.45) is 7.05 Å². The van der Waals surface area contributed by atoms with Crippen LogP contribution in [0.3, 0.4) is 0 Å². The summed E-state index contributed by atoms with van der Waals surface area (Å²) in [7, 11) is 1.82. The Morgan fingerprint density at radius 1 is 1.35 bits per heavy atom. The Balaban J connectivity index is 0.000000686. The number of nitrogen functional groups attached to an aromatic ring is 1. The van der Waals surface area contributed by atoms with E-state index in [2.05, 4.69) is 11.1 Å². The van der Waals surface area contributed by atoms with E-state index in [9.17, 15) is 0 Å². The van der Waals surface area contributed by atoms with E-state index in [0.717, 1.165) is 22.3 Å². The van der Waals surface area contributed by atoms with Gasteiger partial charge in [0.2, 0.25) is 0 Å². The van der Waals surface area contributed by atoms with Crippen molar-refractivity contribution < 1.29 is 0 Å². The molecule has 0 aliphatic rings. The van der Waals surface area contributed by atoms with Crippen molar-refractivity contribution in [3.05, 3.63) is 22.9 Å². The van der Waals surface area contributed by atoms with Gasteiger partial charge in [0.1, 0.15) is 23.1 Å². The topological polar surface area (TPSA) is 67.6 Å². The fraction of sp³-hybridized carbons (Fsp3) is 0.385. The van der Waals surface area contributed by atoms with Crippen molar-refractivity contribution >= 4 is 16.9 Å². The first-order valence-corrected chi connectivity index (χ1v) is 5.68. The Bertz CT molecular complexity index is 588. The predicted molar refractivity (Wildman–Crippen MR) is 70.7 cm³/mol. The van der Waals surface area contributed by atoms with Crippen LogP contribution in [0.25, 0.3) is 11.0 Å². The molecule has 0 spiro atoms. The van der Waals surface area contributed by atoms with Gasteiger partial charge in [-0.3, -0.25) is 0 Å². The summed E-state index contributed by atoms with van der Waals surface area (Å²) >= 11 is 0. The van der Waals surface area contributed by atoms with Gasteiger partial charge in [-0.2, -0.15) is 5.26 Å². The quantitative estimate of drug-likeness (QED) is 0.756. The number of nitriles is 1. The Morgan fingerprint density at radius 3 is 2.47 bits per heavy atom. The Kier molecular flexibility index (Phi) is 3.74. The zero-order valence-electron chi connectivity index (χ0n) is 11.0. The van der Waals surface area contributed by atoms with E-state index in [-0.39, 0.29) is 0 Å². The van der Waals surface area contributed by atoms with Crippen molar-refractivity contribution in [2.45, 2.75) is 27.7 Å². The highest BCUT2D eigenvalue weighted by molar-refractivity contribution is 5.90. The zero-order chi connectivity index (χ0) is 13.2. The molecule has 0 aliphatic carbocycles. The average Bonchev–Trinajstić information content (AvgIpc) is 2.56. The fourth-order valence-corrected chi connectivity index (χ4v) is 1.67. The van der Waals surface area contributed by atoms with E-state index >= 15 is 0 Å². The van der Waals surface area contributed by atoms with Gasteiger partial charge in [-0.1, -0.05) is 13.8 Å². The molecule has 0 saturated heterocycles. The molecule has 0 saturated carbocycles. The third-order valence-corrected chi connectivity index (χ3v) is 2.76. The van der Waals surface area contributed by atoms with Gasteiger partial charge >= 0.3 is 0 Å². The summed E-state index contributed by atoms with van der Waals surface area (Å²) in [5, 5.41) is 9.85. The third kappa shape index (κ3) is 1.96. The molecule has 4 heteroatoms. The van der Waals surface area contributed by atoms with Crippen molar-refractivity contribution in [3.63, 3.8) is 0 Å². The third-order valence-electron chi connectivity index (χ3n) is 2.76. The first kappa shape index (κ1) is 13.0. The van der Waals surface area contributed by atoms with E-state index in [0.29, 0.717) is 11.4 Å². The maximum Gasteiger partial charge on any atom is 0.142 e. The molecule has 2 aromatic heterocycles. The summed E-state index contributed by atoms with van der Waals surface area (Å²) in [6, 6.07) is 4.08. The van der Waals surface area contributed by atoms with Crippen molar-refractivity contribution in [1.82, 2.24) is 9.55 Å². The lowest BCUT2D eigenvalue weighted by Gasteiger charge is -2.00. The first-order chi connectivity index (χ1) is 8.06. The number of nitrogens with two attached hydrogens (primary N) is 1. The molecule has 2 N–H and O–H groups in total. The number of hydrogen-bond donors (Lipinski definition) is 1. The number of anilines is 1. The minimum absolute atomic E-state index is 0.477. The zero-order valence-corrected chi connectivity index (χ0v) is 11.0. The summed E-state index contributed by atoms with van der Waals surface area (Å²) in [6.45, 7) is 7.93. The van der Waals surface area contributed by atoms with Gasteiger partial charge in [0.15, 0.2) is 0 Å². The molecular formula is C13H18N4. The molecule has 0 aromatic carbocycles. The monoisotopic (exact) mass is 230 g/mol. The highest BCUT2D eigenvalue weighted by atomic mass is 15.1. The van der Waals surface area contributed by atoms with E-state index in [1.807, 2.05) is 40.8 Å². The lowest BCUT2D eigenvalue weighted by atomic mass is 10.1. The van der Waals surface area contributed by atoms with Crippen LogP contribution in [0.5, 0.6) is 0 Å². The van der Waals surface area contributed by atoms with Crippen molar-refractivity contribution in [3.8, 4) is 6.07 Å². The number of rotatable bonds is 0. The van der Waals surface area contributed by atoms with Crippen molar-refractivity contribution in [1.29, 1.82) is 5.26 Å². The summed E-state index contributed by atoms with van der Waals surface area (Å²) in [5.74, 6) is 0.477. The molecule has 17 heavy (non-hydrogen) atoms. The van der Waals surface area contributed by atoms with Gasteiger partial charge in [0.25, 0.3) is 0 Å². The molecule has 0 fully saturated rings. The second kappa shape index (κ2) is 4.88. The van der Waals surface area contributed by atoms with Gasteiger partial charge in [0, 0.05) is 18.1 Å². The molecule has 2 aromatic rings. The minimum atomic E-state index is 0.477. The molecule has 0 unspecified atom stereocenters. The second-order valence-electron chi connectivity index (χ2n) is 3.69. The summed E-state index contributed by atoms with van der Waals surface area (Å²) in [5.41, 5.74) is 9.15. The SMILES string of the molecule is CC.Cc1cc2c(C#N)c(N)n(C)c2nc1C. The molecular weight excluding hydrogens is 212 g/mol. The molecule has 0 amide bonds. The number of nitrogens with zero attached hydrogens (tertiary/aromatic N) is 3. The minimum Gasteiger partial charge on any atom is -0.384 e. The van der Waals surface area contributed by atoms with Crippen LogP contribution in [0.2, 0.25) is 0 Å². The number of pyridine rings is 1. The number of aryl methyl sites for hydroxylation is 3. The lowest BCUT2D eigenvalue weighted by Crippen LogP contribution is -1.98. The maximum atomic E-state index is 9.02. The van der Waals surface area contributed by atoms with E-state index < -0.39 is 0 Å². The molecule has 2 heterocycles. The molecule has 0 radical (unpaired) electrons. The highest BCUT2D eigenvalue weighted by Gasteiger charge is 2.14. The molecule has 0 aliphatic heterocycles. The first-order valence-electron chi connectivity index (χ1n) is 5.68. The van der Waals surface area contributed by atoms with Crippen LogP contribution in [-0.2, 0) is 7.05 Å². The van der Waals surface area contributed by atoms with E-state index in [1.165, 1.54) is 0 Å². The van der Waals surface area contributed by atoms with E-state index in [4.69, 9.17) is 11.0 Å². The molecule has 2 rings (SSSR count). The van der Waals surface area contributed by atoms with Crippen LogP contribution < -0.4 is 5.73 Å². The van der Waals surface area contributed by atoms with Crippen LogP contribution >= 0.6 is 0 Å². The largest absolute Gasteiger partial charge is 0.384 e.